The van der Waals surface area contributed by atoms with E-state index < -0.39 is 0 Å². The third-order valence-electron chi connectivity index (χ3n) is 4.65. The van der Waals surface area contributed by atoms with Crippen molar-refractivity contribution in [2.24, 2.45) is 0 Å². The van der Waals surface area contributed by atoms with Crippen molar-refractivity contribution in [1.29, 1.82) is 0 Å². The molecule has 2 N–H and O–H groups in total. The first-order chi connectivity index (χ1) is 14.3. The van der Waals surface area contributed by atoms with Gasteiger partial charge in [-0.1, -0.05) is 0 Å². The van der Waals surface area contributed by atoms with E-state index in [9.17, 15) is 0 Å². The summed E-state index contributed by atoms with van der Waals surface area (Å²) in [5.41, 5.74) is 2.65. The molecule has 0 amide bonds. The van der Waals surface area contributed by atoms with E-state index >= 15 is 0 Å². The van der Waals surface area contributed by atoms with Crippen molar-refractivity contribution in [3.63, 3.8) is 0 Å². The van der Waals surface area contributed by atoms with Crippen LogP contribution in [-0.4, -0.2) is 50.6 Å². The fourth-order valence-electron chi connectivity index (χ4n) is 3.21. The molecule has 4 aromatic heterocycles. The lowest BCUT2D eigenvalue weighted by atomic mass is 10.3. The van der Waals surface area contributed by atoms with Crippen LogP contribution in [0.4, 0.5) is 29.0 Å². The summed E-state index contributed by atoms with van der Waals surface area (Å²) in [5, 5.41) is 6.64. The van der Waals surface area contributed by atoms with Crippen LogP contribution in [0.2, 0.25) is 0 Å². The number of rotatable bonds is 5. The van der Waals surface area contributed by atoms with Crippen molar-refractivity contribution in [2.45, 2.75) is 0 Å². The molecule has 29 heavy (non-hydrogen) atoms. The maximum Gasteiger partial charge on any atom is 0.231 e. The van der Waals surface area contributed by atoms with E-state index in [0.29, 0.717) is 25.0 Å². The number of pyridine rings is 2. The van der Waals surface area contributed by atoms with Gasteiger partial charge >= 0.3 is 0 Å². The Morgan fingerprint density at radius 2 is 1.72 bits per heavy atom. The van der Waals surface area contributed by atoms with Crippen LogP contribution in [0.5, 0.6) is 0 Å². The quantitative estimate of drug-likeness (QED) is 0.539. The Morgan fingerprint density at radius 1 is 0.862 bits per heavy atom. The molecular formula is C20H20N8O. The van der Waals surface area contributed by atoms with Gasteiger partial charge in [0, 0.05) is 67.6 Å². The van der Waals surface area contributed by atoms with Crippen molar-refractivity contribution >= 4 is 34.6 Å². The van der Waals surface area contributed by atoms with Crippen LogP contribution in [0.15, 0.2) is 61.3 Å². The molecule has 0 radical (unpaired) electrons. The SMILES string of the molecule is c1cc(Nc2nc(Nc3ccn4ccnc4c3)cc(N3CCOCC3)n2)ccn1. The van der Waals surface area contributed by atoms with E-state index in [1.165, 1.54) is 0 Å². The van der Waals surface area contributed by atoms with Gasteiger partial charge in [-0.2, -0.15) is 9.97 Å². The van der Waals surface area contributed by atoms with Gasteiger partial charge in [-0.3, -0.25) is 4.98 Å². The average Bonchev–Trinajstić information content (AvgIpc) is 3.23. The maximum atomic E-state index is 5.47. The van der Waals surface area contributed by atoms with Crippen LogP contribution in [0.1, 0.15) is 0 Å². The molecule has 1 saturated heterocycles. The fraction of sp³-hybridized carbons (Fsp3) is 0.200. The number of nitrogens with zero attached hydrogens (tertiary/aromatic N) is 6. The lowest BCUT2D eigenvalue weighted by Gasteiger charge is -2.28. The van der Waals surface area contributed by atoms with E-state index in [2.05, 4.69) is 30.5 Å². The first-order valence-electron chi connectivity index (χ1n) is 9.42. The van der Waals surface area contributed by atoms with Gasteiger partial charge < -0.3 is 24.7 Å². The molecule has 0 aromatic carbocycles. The Labute approximate surface area is 167 Å². The molecule has 0 bridgehead atoms. The molecule has 0 unspecified atom stereocenters. The molecule has 0 spiro atoms. The zero-order valence-electron chi connectivity index (χ0n) is 15.7. The smallest absolute Gasteiger partial charge is 0.231 e. The minimum Gasteiger partial charge on any atom is -0.378 e. The van der Waals surface area contributed by atoms with E-state index in [-0.39, 0.29) is 0 Å². The van der Waals surface area contributed by atoms with Gasteiger partial charge in [0.1, 0.15) is 17.3 Å². The zero-order valence-corrected chi connectivity index (χ0v) is 15.7. The second-order valence-corrected chi connectivity index (χ2v) is 6.63. The number of nitrogens with one attached hydrogen (secondary N) is 2. The summed E-state index contributed by atoms with van der Waals surface area (Å²) in [6, 6.07) is 9.68. The number of morpholine rings is 1. The standard InChI is InChI=1S/C20H20N8O/c1-4-21-5-2-15(1)24-20-25-17(14-19(26-20)28-9-11-29-12-10-28)23-16-3-7-27-8-6-22-18(27)13-16/h1-8,13-14H,9-12H2,(H2,21,23,24,25,26). The molecule has 1 fully saturated rings. The number of imidazole rings is 1. The third-order valence-corrected chi connectivity index (χ3v) is 4.65. The molecule has 4 aromatic rings. The maximum absolute atomic E-state index is 5.47. The first-order valence-corrected chi connectivity index (χ1v) is 9.42. The minimum absolute atomic E-state index is 0.518. The summed E-state index contributed by atoms with van der Waals surface area (Å²) in [4.78, 5) is 19.9. The number of hydrogen-bond acceptors (Lipinski definition) is 8. The molecule has 9 nitrogen and oxygen atoms in total. The van der Waals surface area contributed by atoms with Gasteiger partial charge in [0.2, 0.25) is 5.95 Å². The summed E-state index contributed by atoms with van der Waals surface area (Å²) < 4.78 is 7.43. The van der Waals surface area contributed by atoms with Gasteiger partial charge in [0.15, 0.2) is 0 Å². The monoisotopic (exact) mass is 388 g/mol. The molecular weight excluding hydrogens is 368 g/mol. The van der Waals surface area contributed by atoms with E-state index in [1.807, 2.05) is 47.1 Å². The lowest BCUT2D eigenvalue weighted by molar-refractivity contribution is 0.122. The highest BCUT2D eigenvalue weighted by atomic mass is 16.5. The molecule has 1 aliphatic heterocycles. The number of anilines is 5. The zero-order chi connectivity index (χ0) is 19.5. The Kier molecular flexibility index (Phi) is 4.63. The summed E-state index contributed by atoms with van der Waals surface area (Å²) in [5.74, 6) is 2.07. The molecule has 5 rings (SSSR count). The molecule has 5 heterocycles. The van der Waals surface area contributed by atoms with Crippen LogP contribution in [0.3, 0.4) is 0 Å². The Bertz CT molecular complexity index is 1110. The van der Waals surface area contributed by atoms with Crippen LogP contribution >= 0.6 is 0 Å². The van der Waals surface area contributed by atoms with Gasteiger partial charge in [0.05, 0.1) is 13.2 Å². The van der Waals surface area contributed by atoms with Crippen LogP contribution in [-0.2, 0) is 4.74 Å². The molecule has 9 heteroatoms. The second kappa shape index (κ2) is 7.72. The van der Waals surface area contributed by atoms with Crippen LogP contribution in [0, 0.1) is 0 Å². The number of fused-ring (bicyclic) bond motifs is 1. The minimum atomic E-state index is 0.518. The predicted octanol–water partition coefficient (Wildman–Crippen LogP) is 2.84. The first kappa shape index (κ1) is 17.4. The van der Waals surface area contributed by atoms with Crippen molar-refractivity contribution in [3.8, 4) is 0 Å². The molecule has 0 saturated carbocycles. The topological polar surface area (TPSA) is 92.5 Å². The fourth-order valence-corrected chi connectivity index (χ4v) is 3.21. The largest absolute Gasteiger partial charge is 0.378 e. The van der Waals surface area contributed by atoms with Crippen molar-refractivity contribution < 1.29 is 4.74 Å². The number of hydrogen-bond donors (Lipinski definition) is 2. The van der Waals surface area contributed by atoms with Crippen molar-refractivity contribution in [2.75, 3.05) is 41.8 Å². The molecule has 146 valence electrons. The predicted molar refractivity (Wildman–Crippen MR) is 111 cm³/mol. The highest BCUT2D eigenvalue weighted by molar-refractivity contribution is 5.66. The molecule has 0 aliphatic carbocycles. The second-order valence-electron chi connectivity index (χ2n) is 6.63. The highest BCUT2D eigenvalue weighted by Gasteiger charge is 2.15. The highest BCUT2D eigenvalue weighted by Crippen LogP contribution is 2.24. The van der Waals surface area contributed by atoms with Crippen molar-refractivity contribution in [1.82, 2.24) is 24.3 Å². The van der Waals surface area contributed by atoms with E-state index in [0.717, 1.165) is 35.9 Å². The van der Waals surface area contributed by atoms with Gasteiger partial charge in [-0.25, -0.2) is 4.98 Å². The summed E-state index contributed by atoms with van der Waals surface area (Å²) >= 11 is 0. The van der Waals surface area contributed by atoms with Gasteiger partial charge in [-0.05, 0) is 18.2 Å². The molecule has 0 atom stereocenters. The summed E-state index contributed by atoms with van der Waals surface area (Å²) in [6.45, 7) is 2.98. The van der Waals surface area contributed by atoms with E-state index in [1.54, 1.807) is 18.6 Å². The normalized spacial score (nSPS) is 14.1. The van der Waals surface area contributed by atoms with Crippen LogP contribution in [0.25, 0.3) is 5.65 Å². The Hall–Kier alpha value is -3.72. The van der Waals surface area contributed by atoms with Gasteiger partial charge in [0.25, 0.3) is 0 Å². The number of aromatic nitrogens is 5. The molecule has 1 aliphatic rings. The number of ether oxygens (including phenoxy) is 1. The lowest BCUT2D eigenvalue weighted by Crippen LogP contribution is -2.36. The Morgan fingerprint density at radius 3 is 2.59 bits per heavy atom. The van der Waals surface area contributed by atoms with Crippen LogP contribution < -0.4 is 15.5 Å². The average molecular weight is 388 g/mol. The van der Waals surface area contributed by atoms with Crippen molar-refractivity contribution in [3.05, 3.63) is 61.3 Å². The third kappa shape index (κ3) is 3.94. The van der Waals surface area contributed by atoms with E-state index in [4.69, 9.17) is 9.72 Å². The van der Waals surface area contributed by atoms with Gasteiger partial charge in [-0.15, -0.1) is 0 Å². The summed E-state index contributed by atoms with van der Waals surface area (Å²) in [6.07, 6.45) is 9.11. The summed E-state index contributed by atoms with van der Waals surface area (Å²) in [7, 11) is 0. The Balaban J connectivity index is 1.47.